The van der Waals surface area contributed by atoms with E-state index in [-0.39, 0.29) is 29.9 Å². The van der Waals surface area contributed by atoms with Crippen molar-refractivity contribution in [3.05, 3.63) is 82.0 Å². The lowest BCUT2D eigenvalue weighted by atomic mass is 10.1. The number of nitrogens with one attached hydrogen (secondary N) is 2. The van der Waals surface area contributed by atoms with E-state index in [0.29, 0.717) is 16.9 Å². The molecular weight excluding hydrogens is 438 g/mol. The number of carbonyl (C=O) groups excluding carboxylic acids is 2. The van der Waals surface area contributed by atoms with Crippen LogP contribution in [-0.4, -0.2) is 32.1 Å². The summed E-state index contributed by atoms with van der Waals surface area (Å²) >= 11 is 1.29. The Morgan fingerprint density at radius 1 is 1.03 bits per heavy atom. The molecule has 3 aromatic rings. The molecule has 32 heavy (non-hydrogen) atoms. The third-order valence-electron chi connectivity index (χ3n) is 4.57. The summed E-state index contributed by atoms with van der Waals surface area (Å²) in [5.41, 5.74) is 1.42. The van der Waals surface area contributed by atoms with E-state index in [1.165, 1.54) is 24.5 Å². The van der Waals surface area contributed by atoms with E-state index in [2.05, 4.69) is 15.4 Å². The van der Waals surface area contributed by atoms with Crippen LogP contribution in [0.1, 0.15) is 26.8 Å². The highest BCUT2D eigenvalue weighted by atomic mass is 32.1. The van der Waals surface area contributed by atoms with Crippen molar-refractivity contribution in [3.8, 4) is 11.5 Å². The lowest BCUT2D eigenvalue weighted by Gasteiger charge is -2.19. The van der Waals surface area contributed by atoms with Gasteiger partial charge in [0.05, 0.1) is 12.0 Å². The molecule has 0 fully saturated rings. The van der Waals surface area contributed by atoms with Crippen LogP contribution in [0.2, 0.25) is 0 Å². The van der Waals surface area contributed by atoms with Crippen LogP contribution in [0.5, 0.6) is 11.5 Å². The van der Waals surface area contributed by atoms with Crippen molar-refractivity contribution in [2.75, 3.05) is 13.7 Å². The molecule has 0 bridgehead atoms. The summed E-state index contributed by atoms with van der Waals surface area (Å²) < 4.78 is 34.5. The van der Waals surface area contributed by atoms with Crippen molar-refractivity contribution in [2.45, 2.75) is 19.1 Å². The molecule has 3 rings (SSSR count). The summed E-state index contributed by atoms with van der Waals surface area (Å²) in [6.07, 6.45) is 0.428. The van der Waals surface area contributed by atoms with Crippen LogP contribution < -0.4 is 20.1 Å². The summed E-state index contributed by atoms with van der Waals surface area (Å²) in [4.78, 5) is 25.9. The molecule has 0 saturated heterocycles. The maximum Gasteiger partial charge on any atom is 0.387 e. The number of hydrogen-bond donors (Lipinski definition) is 2. The van der Waals surface area contributed by atoms with Crippen molar-refractivity contribution in [1.82, 2.24) is 10.6 Å². The molecule has 0 aliphatic rings. The molecule has 168 valence electrons. The quantitative estimate of drug-likeness (QED) is 0.476. The Kier molecular flexibility index (Phi) is 8.15. The second-order valence-corrected chi connectivity index (χ2v) is 7.65. The number of benzene rings is 2. The van der Waals surface area contributed by atoms with Gasteiger partial charge in [0.15, 0.2) is 11.5 Å². The lowest BCUT2D eigenvalue weighted by Crippen LogP contribution is -2.40. The Morgan fingerprint density at radius 2 is 1.81 bits per heavy atom. The Morgan fingerprint density at radius 3 is 2.47 bits per heavy atom. The smallest absolute Gasteiger partial charge is 0.387 e. The number of hydrogen-bond acceptors (Lipinski definition) is 5. The van der Waals surface area contributed by atoms with E-state index in [4.69, 9.17) is 4.74 Å². The highest BCUT2D eigenvalue weighted by Gasteiger charge is 2.23. The average molecular weight is 461 g/mol. The van der Waals surface area contributed by atoms with Gasteiger partial charge in [-0.15, -0.1) is 11.3 Å². The molecule has 2 amide bonds. The van der Waals surface area contributed by atoms with Crippen molar-refractivity contribution in [3.63, 3.8) is 0 Å². The number of ether oxygens (including phenoxy) is 2. The van der Waals surface area contributed by atoms with Crippen molar-refractivity contribution < 1.29 is 27.8 Å². The monoisotopic (exact) mass is 460 g/mol. The normalized spacial score (nSPS) is 11.6. The minimum absolute atomic E-state index is 0.0595. The Balaban J connectivity index is 1.64. The summed E-state index contributed by atoms with van der Waals surface area (Å²) in [6.45, 7) is -2.68. The van der Waals surface area contributed by atoms with Gasteiger partial charge in [0.2, 0.25) is 5.91 Å². The van der Waals surface area contributed by atoms with Crippen LogP contribution in [0.3, 0.4) is 0 Å². The van der Waals surface area contributed by atoms with Gasteiger partial charge < -0.3 is 20.1 Å². The zero-order valence-electron chi connectivity index (χ0n) is 17.2. The van der Waals surface area contributed by atoms with E-state index in [1.807, 2.05) is 6.07 Å². The van der Waals surface area contributed by atoms with E-state index in [0.717, 1.165) is 5.56 Å². The number of methoxy groups -OCH3 is 1. The van der Waals surface area contributed by atoms with Crippen molar-refractivity contribution in [2.24, 2.45) is 0 Å². The number of thiophene rings is 1. The highest BCUT2D eigenvalue weighted by Crippen LogP contribution is 2.29. The molecule has 6 nitrogen and oxygen atoms in total. The van der Waals surface area contributed by atoms with Crippen molar-refractivity contribution in [1.29, 1.82) is 0 Å². The molecule has 0 aliphatic carbocycles. The first-order chi connectivity index (χ1) is 15.5. The molecule has 9 heteroatoms. The topological polar surface area (TPSA) is 76.7 Å². The fourth-order valence-corrected chi connectivity index (χ4v) is 3.68. The van der Waals surface area contributed by atoms with Crippen molar-refractivity contribution >= 4 is 23.2 Å². The summed E-state index contributed by atoms with van der Waals surface area (Å²) in [5, 5.41) is 7.39. The minimum atomic E-state index is -2.95. The first-order valence-corrected chi connectivity index (χ1v) is 10.6. The predicted molar refractivity (Wildman–Crippen MR) is 117 cm³/mol. The van der Waals surface area contributed by atoms with Gasteiger partial charge in [-0.2, -0.15) is 8.78 Å². The number of amides is 2. The molecule has 1 unspecified atom stereocenters. The van der Waals surface area contributed by atoms with Crippen LogP contribution in [0.4, 0.5) is 8.78 Å². The zero-order valence-corrected chi connectivity index (χ0v) is 18.0. The van der Waals surface area contributed by atoms with Gasteiger partial charge in [0, 0.05) is 6.54 Å². The number of carbonyl (C=O) groups is 2. The fraction of sp³-hybridized carbons (Fsp3) is 0.217. The van der Waals surface area contributed by atoms with Gasteiger partial charge in [0.25, 0.3) is 5.91 Å². The van der Waals surface area contributed by atoms with E-state index in [1.54, 1.807) is 53.9 Å². The van der Waals surface area contributed by atoms with Crippen LogP contribution >= 0.6 is 11.3 Å². The van der Waals surface area contributed by atoms with E-state index < -0.39 is 12.7 Å². The lowest BCUT2D eigenvalue weighted by molar-refractivity contribution is -0.123. The van der Waals surface area contributed by atoms with Crippen LogP contribution in [-0.2, 0) is 11.2 Å². The molecule has 0 radical (unpaired) electrons. The third-order valence-corrected chi connectivity index (χ3v) is 5.44. The van der Waals surface area contributed by atoms with E-state index in [9.17, 15) is 18.4 Å². The van der Waals surface area contributed by atoms with Gasteiger partial charge in [-0.3, -0.25) is 9.59 Å². The standard InChI is InChI=1S/C23H22F2N2O4S/c1-30-18-14-15(9-10-17(18)31-23(24)25)11-12-26-22(29)20(16-6-3-2-4-7-16)27-21(28)19-8-5-13-32-19/h2-10,13-14,20,23H,11-12H2,1H3,(H,26,29)(H,27,28). The number of rotatable bonds is 10. The highest BCUT2D eigenvalue weighted by molar-refractivity contribution is 7.12. The first-order valence-electron chi connectivity index (χ1n) is 9.76. The molecule has 0 aliphatic heterocycles. The minimum Gasteiger partial charge on any atom is -0.493 e. The maximum atomic E-state index is 12.9. The largest absolute Gasteiger partial charge is 0.493 e. The molecular formula is C23H22F2N2O4S. The van der Waals surface area contributed by atoms with Gasteiger partial charge in [-0.05, 0) is 41.1 Å². The Hall–Kier alpha value is -3.46. The molecule has 1 heterocycles. The van der Waals surface area contributed by atoms with Gasteiger partial charge >= 0.3 is 6.61 Å². The Bertz CT molecular complexity index is 1030. The second kappa shape index (κ2) is 11.2. The molecule has 2 N–H and O–H groups in total. The summed E-state index contributed by atoms with van der Waals surface area (Å²) in [5.74, 6) is -0.565. The third kappa shape index (κ3) is 6.27. The average Bonchev–Trinajstić information content (AvgIpc) is 3.33. The summed E-state index contributed by atoms with van der Waals surface area (Å²) in [6, 6.07) is 16.2. The van der Waals surface area contributed by atoms with Gasteiger partial charge in [-0.25, -0.2) is 0 Å². The SMILES string of the molecule is COc1cc(CCNC(=O)C(NC(=O)c2cccs2)c2ccccc2)ccc1OC(F)F. The first kappa shape index (κ1) is 23.2. The van der Waals surface area contributed by atoms with Crippen LogP contribution in [0.25, 0.3) is 0 Å². The second-order valence-electron chi connectivity index (χ2n) is 6.70. The molecule has 0 saturated carbocycles. The number of halogens is 2. The maximum absolute atomic E-state index is 12.9. The number of alkyl halides is 2. The van der Waals surface area contributed by atoms with Gasteiger partial charge in [0.1, 0.15) is 6.04 Å². The van der Waals surface area contributed by atoms with Crippen LogP contribution in [0, 0.1) is 0 Å². The van der Waals surface area contributed by atoms with E-state index >= 15 is 0 Å². The zero-order chi connectivity index (χ0) is 22.9. The van der Waals surface area contributed by atoms with Crippen LogP contribution in [0.15, 0.2) is 66.0 Å². The molecule has 1 atom stereocenters. The predicted octanol–water partition coefficient (Wildman–Crippen LogP) is 4.19. The van der Waals surface area contributed by atoms with Gasteiger partial charge in [-0.1, -0.05) is 42.5 Å². The molecule has 2 aromatic carbocycles. The molecule has 0 spiro atoms. The fourth-order valence-electron chi connectivity index (χ4n) is 3.05. The Labute approximate surface area is 188 Å². The molecule has 1 aromatic heterocycles. The summed E-state index contributed by atoms with van der Waals surface area (Å²) in [7, 11) is 1.36.